The summed E-state index contributed by atoms with van der Waals surface area (Å²) in [7, 11) is 0. The lowest BCUT2D eigenvalue weighted by Gasteiger charge is -2.15. The van der Waals surface area contributed by atoms with Crippen LogP contribution in [0.1, 0.15) is 0 Å². The Hall–Kier alpha value is -3.65. The Bertz CT molecular complexity index is 1390. The summed E-state index contributed by atoms with van der Waals surface area (Å²) in [4.78, 5) is 0. The van der Waals surface area contributed by atoms with Gasteiger partial charge in [0, 0.05) is 5.56 Å². The standard InChI is InChI=1S/C25H16N2/c1-2-7-20(8-3-1)27-23(15-16-26-27)21-13-11-19-10-9-17-5-4-6-18-12-14-22(21)25(19)24(17)18/h1-16H. The predicted octanol–water partition coefficient (Wildman–Crippen LogP) is 6.44. The second kappa shape index (κ2) is 5.42. The summed E-state index contributed by atoms with van der Waals surface area (Å²) in [5, 5.41) is 12.4. The van der Waals surface area contributed by atoms with Gasteiger partial charge in [0.2, 0.25) is 0 Å². The minimum absolute atomic E-state index is 1.07. The quantitative estimate of drug-likeness (QED) is 0.331. The number of hydrogen-bond acceptors (Lipinski definition) is 1. The lowest BCUT2D eigenvalue weighted by Crippen LogP contribution is -1.99. The van der Waals surface area contributed by atoms with Crippen LogP contribution in [0.2, 0.25) is 0 Å². The van der Waals surface area contributed by atoms with Gasteiger partial charge in [0.15, 0.2) is 0 Å². The van der Waals surface area contributed by atoms with Crippen molar-refractivity contribution in [3.63, 3.8) is 0 Å². The fourth-order valence-electron chi connectivity index (χ4n) is 4.24. The van der Waals surface area contributed by atoms with Gasteiger partial charge >= 0.3 is 0 Å². The summed E-state index contributed by atoms with van der Waals surface area (Å²) in [5.74, 6) is 0. The molecule has 0 spiro atoms. The molecule has 0 aliphatic carbocycles. The molecule has 0 bridgehead atoms. The van der Waals surface area contributed by atoms with Gasteiger partial charge < -0.3 is 0 Å². The normalized spacial score (nSPS) is 11.7. The van der Waals surface area contributed by atoms with Crippen LogP contribution in [0, 0.1) is 0 Å². The molecule has 0 saturated carbocycles. The van der Waals surface area contributed by atoms with Crippen molar-refractivity contribution in [1.29, 1.82) is 0 Å². The Morgan fingerprint density at radius 1 is 0.556 bits per heavy atom. The monoisotopic (exact) mass is 344 g/mol. The van der Waals surface area contributed by atoms with Gasteiger partial charge in [-0.05, 0) is 50.5 Å². The first-order valence-electron chi connectivity index (χ1n) is 9.16. The first-order chi connectivity index (χ1) is 13.4. The third-order valence-corrected chi connectivity index (χ3v) is 5.45. The van der Waals surface area contributed by atoms with E-state index in [2.05, 4.69) is 77.9 Å². The molecule has 2 heteroatoms. The number of aromatic nitrogens is 2. The van der Waals surface area contributed by atoms with E-state index >= 15 is 0 Å². The molecule has 0 N–H and O–H groups in total. The third kappa shape index (κ3) is 2.04. The molecule has 1 heterocycles. The lowest BCUT2D eigenvalue weighted by atomic mass is 9.91. The van der Waals surface area contributed by atoms with Crippen molar-refractivity contribution in [2.45, 2.75) is 0 Å². The Morgan fingerprint density at radius 2 is 1.26 bits per heavy atom. The summed E-state index contributed by atoms with van der Waals surface area (Å²) < 4.78 is 2.02. The van der Waals surface area contributed by atoms with Gasteiger partial charge in [0.05, 0.1) is 17.6 Å². The van der Waals surface area contributed by atoms with Gasteiger partial charge in [-0.3, -0.25) is 0 Å². The van der Waals surface area contributed by atoms with Gasteiger partial charge in [-0.2, -0.15) is 5.10 Å². The molecular formula is C25H16N2. The summed E-state index contributed by atoms with van der Waals surface area (Å²) >= 11 is 0. The molecule has 6 rings (SSSR count). The highest BCUT2D eigenvalue weighted by Gasteiger charge is 2.14. The first kappa shape index (κ1) is 14.5. The lowest BCUT2D eigenvalue weighted by molar-refractivity contribution is 0.889. The van der Waals surface area contributed by atoms with E-state index in [9.17, 15) is 0 Å². The second-order valence-electron chi connectivity index (χ2n) is 6.93. The molecule has 126 valence electrons. The highest BCUT2D eigenvalue weighted by atomic mass is 15.3. The van der Waals surface area contributed by atoms with Crippen molar-refractivity contribution >= 4 is 32.3 Å². The van der Waals surface area contributed by atoms with Crippen molar-refractivity contribution in [1.82, 2.24) is 9.78 Å². The van der Waals surface area contributed by atoms with Crippen LogP contribution in [0.5, 0.6) is 0 Å². The zero-order valence-electron chi connectivity index (χ0n) is 14.6. The molecule has 6 aromatic rings. The van der Waals surface area contributed by atoms with E-state index < -0.39 is 0 Å². The van der Waals surface area contributed by atoms with Gasteiger partial charge in [-0.25, -0.2) is 4.68 Å². The molecule has 0 aliphatic rings. The predicted molar refractivity (Wildman–Crippen MR) is 113 cm³/mol. The maximum absolute atomic E-state index is 4.59. The van der Waals surface area contributed by atoms with Crippen LogP contribution in [0.4, 0.5) is 0 Å². The summed E-state index contributed by atoms with van der Waals surface area (Å²) in [5.41, 5.74) is 3.39. The molecule has 1 aromatic heterocycles. The smallest absolute Gasteiger partial charge is 0.0747 e. The van der Waals surface area contributed by atoms with E-state index in [0.29, 0.717) is 0 Å². The third-order valence-electron chi connectivity index (χ3n) is 5.45. The summed E-state index contributed by atoms with van der Waals surface area (Å²) in [6.45, 7) is 0. The van der Waals surface area contributed by atoms with Crippen LogP contribution in [0.25, 0.3) is 49.3 Å². The number of nitrogens with zero attached hydrogens (tertiary/aromatic N) is 2. The van der Waals surface area contributed by atoms with Crippen LogP contribution in [0.3, 0.4) is 0 Å². The van der Waals surface area contributed by atoms with Crippen molar-refractivity contribution in [3.05, 3.63) is 97.2 Å². The van der Waals surface area contributed by atoms with E-state index in [-0.39, 0.29) is 0 Å². The van der Waals surface area contributed by atoms with E-state index in [0.717, 1.165) is 11.4 Å². The molecule has 0 unspecified atom stereocenters. The van der Waals surface area contributed by atoms with Crippen molar-refractivity contribution < 1.29 is 0 Å². The second-order valence-corrected chi connectivity index (χ2v) is 6.93. The average molecular weight is 344 g/mol. The Morgan fingerprint density at radius 3 is 2.07 bits per heavy atom. The molecule has 0 saturated heterocycles. The van der Waals surface area contributed by atoms with Crippen LogP contribution in [0.15, 0.2) is 97.2 Å². The molecule has 0 radical (unpaired) electrons. The molecule has 27 heavy (non-hydrogen) atoms. The minimum atomic E-state index is 1.07. The number of benzene rings is 5. The fourth-order valence-corrected chi connectivity index (χ4v) is 4.24. The maximum Gasteiger partial charge on any atom is 0.0747 e. The maximum atomic E-state index is 4.59. The Kier molecular flexibility index (Phi) is 2.91. The molecule has 2 nitrogen and oxygen atoms in total. The van der Waals surface area contributed by atoms with Crippen LogP contribution >= 0.6 is 0 Å². The highest BCUT2D eigenvalue weighted by Crippen LogP contribution is 2.39. The zero-order chi connectivity index (χ0) is 17.8. The SMILES string of the molecule is c1ccc(-n2nccc2-c2ccc3ccc4cccc5ccc2c3c45)cc1. The largest absolute Gasteiger partial charge is 0.233 e. The van der Waals surface area contributed by atoms with Crippen molar-refractivity contribution in [2.24, 2.45) is 0 Å². The summed E-state index contributed by atoms with van der Waals surface area (Å²) in [6, 6.07) is 32.3. The molecule has 0 fully saturated rings. The van der Waals surface area contributed by atoms with E-state index in [1.54, 1.807) is 0 Å². The first-order valence-corrected chi connectivity index (χ1v) is 9.16. The van der Waals surface area contributed by atoms with Crippen molar-refractivity contribution in [3.8, 4) is 16.9 Å². The molecule has 0 amide bonds. The van der Waals surface area contributed by atoms with E-state index in [1.807, 2.05) is 29.1 Å². The number of hydrogen-bond donors (Lipinski definition) is 0. The highest BCUT2D eigenvalue weighted by molar-refractivity contribution is 6.25. The number of rotatable bonds is 2. The topological polar surface area (TPSA) is 17.8 Å². The molecule has 5 aromatic carbocycles. The minimum Gasteiger partial charge on any atom is -0.233 e. The zero-order valence-corrected chi connectivity index (χ0v) is 14.6. The van der Waals surface area contributed by atoms with Crippen molar-refractivity contribution in [2.75, 3.05) is 0 Å². The van der Waals surface area contributed by atoms with Crippen LogP contribution in [-0.2, 0) is 0 Å². The van der Waals surface area contributed by atoms with Crippen LogP contribution in [-0.4, -0.2) is 9.78 Å². The number of para-hydroxylation sites is 1. The molecule has 0 aliphatic heterocycles. The van der Waals surface area contributed by atoms with Crippen LogP contribution < -0.4 is 0 Å². The van der Waals surface area contributed by atoms with Gasteiger partial charge in [-0.1, -0.05) is 72.8 Å². The van der Waals surface area contributed by atoms with Gasteiger partial charge in [0.25, 0.3) is 0 Å². The van der Waals surface area contributed by atoms with E-state index in [1.165, 1.54) is 37.9 Å². The summed E-state index contributed by atoms with van der Waals surface area (Å²) in [6.07, 6.45) is 1.88. The van der Waals surface area contributed by atoms with E-state index in [4.69, 9.17) is 0 Å². The average Bonchev–Trinajstić information content (AvgIpc) is 3.22. The Labute approximate surface area is 156 Å². The fraction of sp³-hybridized carbons (Fsp3) is 0. The molecular weight excluding hydrogens is 328 g/mol. The Balaban J connectivity index is 1.72. The van der Waals surface area contributed by atoms with Gasteiger partial charge in [-0.15, -0.1) is 0 Å². The van der Waals surface area contributed by atoms with Gasteiger partial charge in [0.1, 0.15) is 0 Å². The molecule has 0 atom stereocenters.